The van der Waals surface area contributed by atoms with E-state index >= 15 is 0 Å². The van der Waals surface area contributed by atoms with Crippen LogP contribution in [0.2, 0.25) is 0 Å². The van der Waals surface area contributed by atoms with E-state index in [4.69, 9.17) is 8.83 Å². The van der Waals surface area contributed by atoms with E-state index in [1.54, 1.807) is 0 Å². The van der Waals surface area contributed by atoms with E-state index in [0.717, 1.165) is 81.7 Å². The molecule has 0 aliphatic carbocycles. The molecule has 39 heavy (non-hydrogen) atoms. The normalized spacial score (nSPS) is 11.7. The minimum absolute atomic E-state index is 0.899. The summed E-state index contributed by atoms with van der Waals surface area (Å²) in [5, 5.41) is 4.51. The van der Waals surface area contributed by atoms with Gasteiger partial charge in [-0.25, -0.2) is 0 Å². The highest BCUT2D eigenvalue weighted by Gasteiger charge is 2.17. The summed E-state index contributed by atoms with van der Waals surface area (Å²) in [4.78, 5) is 0. The lowest BCUT2D eigenvalue weighted by Gasteiger charge is -2.12. The first-order valence-corrected chi connectivity index (χ1v) is 13.7. The molecule has 2 heterocycles. The van der Waals surface area contributed by atoms with Crippen molar-refractivity contribution in [3.8, 4) is 33.4 Å². The smallest absolute Gasteiger partial charge is 0.143 e. The van der Waals surface area contributed by atoms with Crippen LogP contribution in [0.3, 0.4) is 0 Å². The van der Waals surface area contributed by atoms with Gasteiger partial charge in [0.15, 0.2) is 0 Å². The van der Waals surface area contributed by atoms with Crippen molar-refractivity contribution < 1.29 is 8.83 Å². The molecule has 0 fully saturated rings. The quantitative estimate of drug-likeness (QED) is 0.213. The van der Waals surface area contributed by atoms with Gasteiger partial charge in [-0.1, -0.05) is 101 Å². The van der Waals surface area contributed by atoms with Crippen molar-refractivity contribution in [1.82, 2.24) is 0 Å². The van der Waals surface area contributed by atoms with E-state index < -0.39 is 0 Å². The lowest BCUT2D eigenvalue weighted by atomic mass is 9.92. The number of rotatable bonds is 3. The van der Waals surface area contributed by atoms with Crippen molar-refractivity contribution in [1.29, 1.82) is 0 Å². The van der Waals surface area contributed by atoms with Crippen LogP contribution in [0.1, 0.15) is 0 Å². The number of hydrogen-bond acceptors (Lipinski definition) is 2. The molecule has 8 aromatic rings. The Balaban J connectivity index is 1.42. The lowest BCUT2D eigenvalue weighted by molar-refractivity contribution is 0.670. The monoisotopic (exact) mass is 564 g/mol. The predicted octanol–water partition coefficient (Wildman–Crippen LogP) is 11.2. The van der Waals surface area contributed by atoms with Crippen molar-refractivity contribution in [3.63, 3.8) is 0 Å². The maximum absolute atomic E-state index is 6.43. The van der Waals surface area contributed by atoms with Gasteiger partial charge in [0.25, 0.3) is 0 Å². The van der Waals surface area contributed by atoms with Crippen LogP contribution < -0.4 is 0 Å². The fourth-order valence-electron chi connectivity index (χ4n) is 5.70. The largest absolute Gasteiger partial charge is 0.455 e. The maximum Gasteiger partial charge on any atom is 0.143 e. The molecule has 0 aliphatic rings. The van der Waals surface area contributed by atoms with Gasteiger partial charge < -0.3 is 8.83 Å². The van der Waals surface area contributed by atoms with Crippen LogP contribution in [-0.2, 0) is 0 Å². The topological polar surface area (TPSA) is 26.3 Å². The van der Waals surface area contributed by atoms with E-state index in [9.17, 15) is 0 Å². The first-order valence-electron chi connectivity index (χ1n) is 13.0. The molecule has 0 aliphatic heterocycles. The van der Waals surface area contributed by atoms with E-state index in [0.29, 0.717) is 0 Å². The maximum atomic E-state index is 6.43. The summed E-state index contributed by atoms with van der Waals surface area (Å²) in [6.45, 7) is 0. The second-order valence-corrected chi connectivity index (χ2v) is 10.8. The van der Waals surface area contributed by atoms with Crippen LogP contribution in [0.5, 0.6) is 0 Å². The molecule has 3 heteroatoms. The number of furan rings is 2. The van der Waals surface area contributed by atoms with Crippen LogP contribution in [0.15, 0.2) is 141 Å². The highest BCUT2D eigenvalue weighted by molar-refractivity contribution is 9.10. The minimum atomic E-state index is 0.899. The van der Waals surface area contributed by atoms with E-state index in [1.165, 1.54) is 0 Å². The van der Waals surface area contributed by atoms with Crippen molar-refractivity contribution in [2.24, 2.45) is 0 Å². The zero-order valence-electron chi connectivity index (χ0n) is 20.8. The average Bonchev–Trinajstić information content (AvgIpc) is 3.56. The first kappa shape index (κ1) is 22.4. The van der Waals surface area contributed by atoms with Crippen LogP contribution in [0.25, 0.3) is 77.3 Å². The fraction of sp³-hybridized carbons (Fsp3) is 0. The molecule has 2 nitrogen and oxygen atoms in total. The molecule has 0 unspecified atom stereocenters. The molecule has 6 aromatic carbocycles. The Labute approximate surface area is 233 Å². The summed E-state index contributed by atoms with van der Waals surface area (Å²) in [6.07, 6.45) is 0. The number of para-hydroxylation sites is 4. The molecule has 184 valence electrons. The van der Waals surface area contributed by atoms with Gasteiger partial charge in [-0.15, -0.1) is 0 Å². The van der Waals surface area contributed by atoms with Crippen LogP contribution in [0, 0.1) is 0 Å². The number of hydrogen-bond donors (Lipinski definition) is 0. The molecule has 0 saturated carbocycles. The van der Waals surface area contributed by atoms with Crippen molar-refractivity contribution in [3.05, 3.63) is 132 Å². The van der Waals surface area contributed by atoms with Crippen LogP contribution in [0.4, 0.5) is 0 Å². The van der Waals surface area contributed by atoms with Gasteiger partial charge in [0, 0.05) is 37.1 Å². The van der Waals surface area contributed by atoms with Gasteiger partial charge in [0.1, 0.15) is 22.3 Å². The average molecular weight is 565 g/mol. The molecule has 0 bridgehead atoms. The van der Waals surface area contributed by atoms with Gasteiger partial charge in [0.05, 0.1) is 0 Å². The zero-order valence-corrected chi connectivity index (χ0v) is 22.4. The molecule has 8 rings (SSSR count). The summed E-state index contributed by atoms with van der Waals surface area (Å²) in [6, 6.07) is 44.5. The molecule has 0 N–H and O–H groups in total. The van der Waals surface area contributed by atoms with Gasteiger partial charge >= 0.3 is 0 Å². The second-order valence-electron chi connectivity index (χ2n) is 9.87. The van der Waals surface area contributed by atoms with Crippen molar-refractivity contribution in [2.45, 2.75) is 0 Å². The highest BCUT2D eigenvalue weighted by atomic mass is 79.9. The molecule has 2 aromatic heterocycles. The Morgan fingerprint density at radius 3 is 1.38 bits per heavy atom. The summed E-state index contributed by atoms with van der Waals surface area (Å²) in [5.41, 5.74) is 10.2. The standard InChI is InChI=1S/C36H21BrO2/c37-26-17-15-22(16-18-26)23-19-24(27-9-5-11-31-29-7-1-3-13-33(29)38-35(27)31)21-25(20-23)28-10-6-12-32-30-8-2-4-14-34(30)39-36(28)32/h1-21H. The van der Waals surface area contributed by atoms with E-state index in [-0.39, 0.29) is 0 Å². The Morgan fingerprint density at radius 1 is 0.385 bits per heavy atom. The SMILES string of the molecule is Brc1ccc(-c2cc(-c3cccc4c3oc3ccccc34)cc(-c3cccc4c3oc3ccccc34)c2)cc1. The van der Waals surface area contributed by atoms with E-state index in [2.05, 4.69) is 119 Å². The molecule has 0 atom stereocenters. The van der Waals surface area contributed by atoms with Crippen LogP contribution >= 0.6 is 15.9 Å². The minimum Gasteiger partial charge on any atom is -0.455 e. The first-order chi connectivity index (χ1) is 19.2. The Bertz CT molecular complexity index is 2050. The number of benzene rings is 6. The molecule has 0 amide bonds. The molecule has 0 saturated heterocycles. The Kier molecular flexibility index (Phi) is 5.01. The van der Waals surface area contributed by atoms with Gasteiger partial charge in [-0.2, -0.15) is 0 Å². The van der Waals surface area contributed by atoms with Crippen molar-refractivity contribution in [2.75, 3.05) is 0 Å². The molecule has 0 spiro atoms. The van der Waals surface area contributed by atoms with Crippen molar-refractivity contribution >= 4 is 59.8 Å². The van der Waals surface area contributed by atoms with Gasteiger partial charge in [-0.3, -0.25) is 0 Å². The summed E-state index contributed by atoms with van der Waals surface area (Å²) >= 11 is 3.58. The summed E-state index contributed by atoms with van der Waals surface area (Å²) in [7, 11) is 0. The molecular formula is C36H21BrO2. The Hall–Kier alpha value is -4.60. The third-order valence-corrected chi connectivity index (χ3v) is 8.07. The fourth-order valence-corrected chi connectivity index (χ4v) is 5.96. The number of halogens is 1. The lowest BCUT2D eigenvalue weighted by Crippen LogP contribution is -1.87. The van der Waals surface area contributed by atoms with Crippen LogP contribution in [-0.4, -0.2) is 0 Å². The van der Waals surface area contributed by atoms with Gasteiger partial charge in [-0.05, 0) is 64.7 Å². The number of fused-ring (bicyclic) bond motifs is 6. The van der Waals surface area contributed by atoms with E-state index in [1.807, 2.05) is 24.3 Å². The molecule has 0 radical (unpaired) electrons. The highest BCUT2D eigenvalue weighted by Crippen LogP contribution is 2.41. The van der Waals surface area contributed by atoms with Gasteiger partial charge in [0.2, 0.25) is 0 Å². The summed E-state index contributed by atoms with van der Waals surface area (Å²) in [5.74, 6) is 0. The third-order valence-electron chi connectivity index (χ3n) is 7.54. The third kappa shape index (κ3) is 3.62. The molecular weight excluding hydrogens is 544 g/mol. The Morgan fingerprint density at radius 2 is 0.846 bits per heavy atom. The predicted molar refractivity (Wildman–Crippen MR) is 165 cm³/mol. The zero-order chi connectivity index (χ0) is 25.9. The second kappa shape index (κ2) is 8.72. The summed E-state index contributed by atoms with van der Waals surface area (Å²) < 4.78 is 13.9.